The van der Waals surface area contributed by atoms with Crippen molar-refractivity contribution in [2.75, 3.05) is 14.2 Å². The Balaban J connectivity index is 0.000000151. The third-order valence-electron chi connectivity index (χ3n) is 9.28. The van der Waals surface area contributed by atoms with Gasteiger partial charge >= 0.3 is 0 Å². The summed E-state index contributed by atoms with van der Waals surface area (Å²) < 4.78 is 33.0. The number of rotatable bonds is 3. The van der Waals surface area contributed by atoms with Crippen LogP contribution in [0.5, 0.6) is 23.0 Å². The molecule has 2 N–H and O–H groups in total. The number of aromatic hydroxyl groups is 2. The molecular weight excluding hydrogens is 742 g/mol. The molecule has 0 aliphatic heterocycles. The lowest BCUT2D eigenvalue weighted by Gasteiger charge is -2.26. The predicted octanol–water partition coefficient (Wildman–Crippen LogP) is 14.0. The molecule has 2 aromatic heterocycles. The molecule has 8 nitrogen and oxygen atoms in total. The van der Waals surface area contributed by atoms with Crippen LogP contribution in [0.3, 0.4) is 0 Å². The molecule has 8 aromatic rings. The van der Waals surface area contributed by atoms with Crippen LogP contribution < -0.4 is 9.47 Å². The van der Waals surface area contributed by atoms with Crippen LogP contribution in [0.4, 0.5) is 0 Å². The van der Waals surface area contributed by atoms with Crippen LogP contribution in [0.15, 0.2) is 138 Å². The second kappa shape index (κ2) is 17.0. The van der Waals surface area contributed by atoms with E-state index in [0.29, 0.717) is 22.6 Å². The maximum atomic E-state index is 11.0. The molecule has 0 saturated carbocycles. The van der Waals surface area contributed by atoms with Crippen molar-refractivity contribution in [3.05, 3.63) is 132 Å². The van der Waals surface area contributed by atoms with Crippen LogP contribution in [0.1, 0.15) is 52.7 Å². The van der Waals surface area contributed by atoms with Crippen molar-refractivity contribution in [2.24, 2.45) is 0 Å². The van der Waals surface area contributed by atoms with Crippen LogP contribution in [0, 0.1) is 0 Å². The molecule has 56 heavy (non-hydrogen) atoms. The molecule has 0 radical (unpaired) electrons. The molecule has 6 aromatic carbocycles. The predicted molar refractivity (Wildman–Crippen MR) is 232 cm³/mol. The van der Waals surface area contributed by atoms with Crippen molar-refractivity contribution in [3.8, 4) is 34.1 Å². The highest BCUT2D eigenvalue weighted by atomic mass is 31.1. The van der Waals surface area contributed by atoms with E-state index in [1.807, 2.05) is 151 Å². The lowest BCUT2D eigenvalue weighted by atomic mass is 9.81. The second-order valence-corrected chi connectivity index (χ2v) is 16.4. The normalized spacial score (nSPS) is 11.4. The zero-order valence-electron chi connectivity index (χ0n) is 32.9. The van der Waals surface area contributed by atoms with E-state index in [0.717, 1.165) is 55.0 Å². The Labute approximate surface area is 329 Å². The lowest BCUT2D eigenvalue weighted by molar-refractivity contribution is 0.403. The molecule has 0 unspecified atom stereocenters. The van der Waals surface area contributed by atoms with E-state index in [1.54, 1.807) is 26.4 Å². The van der Waals surface area contributed by atoms with Gasteiger partial charge in [-0.3, -0.25) is 0 Å². The Morgan fingerprint density at radius 2 is 0.696 bits per heavy atom. The molecule has 0 saturated heterocycles. The molecule has 0 amide bonds. The molecule has 290 valence electrons. The second-order valence-electron chi connectivity index (χ2n) is 15.2. The van der Waals surface area contributed by atoms with Crippen molar-refractivity contribution < 1.29 is 36.5 Å². The van der Waals surface area contributed by atoms with Gasteiger partial charge in [0.25, 0.3) is 0 Å². The highest BCUT2D eigenvalue weighted by Gasteiger charge is 2.27. The van der Waals surface area contributed by atoms with Gasteiger partial charge in [0.2, 0.25) is 17.3 Å². The molecule has 0 spiro atoms. The number of ether oxygens (including phenoxy) is 2. The first-order valence-corrected chi connectivity index (χ1v) is 19.8. The summed E-state index contributed by atoms with van der Waals surface area (Å²) in [5.74, 6) is 1.54. The van der Waals surface area contributed by atoms with Crippen LogP contribution in [0.25, 0.3) is 55.0 Å². The zero-order chi connectivity index (χ0) is 40.0. The van der Waals surface area contributed by atoms with E-state index in [2.05, 4.69) is 0 Å². The fraction of sp³-hybridized carbons (Fsp3) is 0.217. The largest absolute Gasteiger partial charge is 0.507 e. The fourth-order valence-corrected chi connectivity index (χ4v) is 7.49. The average Bonchev–Trinajstić information content (AvgIpc) is 3.50. The molecule has 0 aliphatic carbocycles. The van der Waals surface area contributed by atoms with Crippen molar-refractivity contribution in [2.45, 2.75) is 52.4 Å². The summed E-state index contributed by atoms with van der Waals surface area (Å²) in [5, 5.41) is 26.3. The van der Waals surface area contributed by atoms with E-state index in [1.165, 1.54) is 0 Å². The smallest absolute Gasteiger partial charge is 0.201 e. The third kappa shape index (κ3) is 8.89. The molecule has 0 bridgehead atoms. The maximum Gasteiger partial charge on any atom is 0.201 e. The minimum atomic E-state index is -0.283. The third-order valence-corrected chi connectivity index (χ3v) is 10.5. The first-order chi connectivity index (χ1) is 26.8. The molecule has 0 aliphatic rings. The average molecular weight is 791 g/mol. The van der Waals surface area contributed by atoms with Crippen molar-refractivity contribution in [1.29, 1.82) is 0 Å². The molecule has 2 heterocycles. The van der Waals surface area contributed by atoms with Gasteiger partial charge in [0.15, 0.2) is 0 Å². The first kappa shape index (κ1) is 40.0. The van der Waals surface area contributed by atoms with E-state index in [4.69, 9.17) is 26.3 Å². The molecule has 10 heteroatoms. The van der Waals surface area contributed by atoms with Gasteiger partial charge < -0.3 is 36.5 Å². The quantitative estimate of drug-likeness (QED) is 0.182. The summed E-state index contributed by atoms with van der Waals surface area (Å²) in [6.45, 7) is 12.2. The highest BCUT2D eigenvalue weighted by Crippen LogP contribution is 2.48. The first-order valence-electron chi connectivity index (χ1n) is 18.2. The van der Waals surface area contributed by atoms with Gasteiger partial charge in [-0.05, 0) is 59.4 Å². The van der Waals surface area contributed by atoms with E-state index in [9.17, 15) is 10.2 Å². The Morgan fingerprint density at radius 3 is 0.946 bits per heavy atom. The Morgan fingerprint density at radius 1 is 0.429 bits per heavy atom. The number of hydrogen-bond acceptors (Lipinski definition) is 8. The fourth-order valence-electron chi connectivity index (χ4n) is 6.34. The summed E-state index contributed by atoms with van der Waals surface area (Å²) in [7, 11) is 3.24. The SMILES string of the molecule is COc1cc(-c2cc(OC)cc(C(C)(C)C)c2O)c(O)c(C(C)(C)C)c1.c1ccc2c(c1)o[pH]oc1ccccc12.c1ccc2c(c1)o[pH]oc1ccccc12. The van der Waals surface area contributed by atoms with Gasteiger partial charge in [0.1, 0.15) is 45.3 Å². The van der Waals surface area contributed by atoms with Crippen LogP contribution in [-0.2, 0) is 10.8 Å². The molecule has 0 atom stereocenters. The number of phenols is 2. The topological polar surface area (TPSA) is 111 Å². The van der Waals surface area contributed by atoms with Crippen molar-refractivity contribution in [1.82, 2.24) is 0 Å². The van der Waals surface area contributed by atoms with Gasteiger partial charge in [-0.1, -0.05) is 114 Å². The van der Waals surface area contributed by atoms with Crippen LogP contribution >= 0.6 is 17.3 Å². The number of methoxy groups -OCH3 is 2. The monoisotopic (exact) mass is 790 g/mol. The number of fused-ring (bicyclic) bond motifs is 6. The van der Waals surface area contributed by atoms with E-state index >= 15 is 0 Å². The van der Waals surface area contributed by atoms with Gasteiger partial charge in [-0.2, -0.15) is 0 Å². The number of para-hydroxylation sites is 4. The lowest BCUT2D eigenvalue weighted by Crippen LogP contribution is -2.13. The standard InChI is InChI=1S/C22H30O4.2C12H9O2P/c1-21(2,3)17-11-13(25-7)9-15(19(17)23)16-10-14(26-8)12-18(20(16)24)22(4,5)6;2*1-3-7-11-9(5-1)10-6-2-4-8-12(10)14-15-13-11/h9-12,23-24H,1-8H3;2*1-8,15H. The Hall–Kier alpha value is -5.68. The van der Waals surface area contributed by atoms with Crippen LogP contribution in [-0.4, -0.2) is 24.4 Å². The van der Waals surface area contributed by atoms with Crippen molar-refractivity contribution >= 4 is 61.2 Å². The number of hydrogen-bond donors (Lipinski definition) is 2. The summed E-state index contributed by atoms with van der Waals surface area (Å²) in [6, 6.07) is 39.1. The summed E-state index contributed by atoms with van der Waals surface area (Å²) in [6.07, 6.45) is 0. The summed E-state index contributed by atoms with van der Waals surface area (Å²) in [4.78, 5) is 0. The number of benzene rings is 6. The van der Waals surface area contributed by atoms with E-state index < -0.39 is 0 Å². The zero-order valence-corrected chi connectivity index (χ0v) is 34.9. The molecule has 0 fully saturated rings. The minimum Gasteiger partial charge on any atom is -0.507 e. The van der Waals surface area contributed by atoms with Crippen molar-refractivity contribution in [3.63, 3.8) is 0 Å². The van der Waals surface area contributed by atoms with Gasteiger partial charge in [0, 0.05) is 43.8 Å². The number of phenolic OH excluding ortho intramolecular Hbond substituents is 2. The summed E-state index contributed by atoms with van der Waals surface area (Å²) >= 11 is 0. The molecule has 8 rings (SSSR count). The Bertz CT molecular complexity index is 2390. The van der Waals surface area contributed by atoms with E-state index in [-0.39, 0.29) is 39.7 Å². The minimum absolute atomic E-state index is 0.0288. The highest BCUT2D eigenvalue weighted by molar-refractivity contribution is 7.15. The maximum absolute atomic E-state index is 11.0. The van der Waals surface area contributed by atoms with Crippen LogP contribution in [0.2, 0.25) is 0 Å². The molecular formula is C46H48O8P2. The van der Waals surface area contributed by atoms with Gasteiger partial charge in [-0.15, -0.1) is 0 Å². The Kier molecular flexibility index (Phi) is 12.1. The summed E-state index contributed by atoms with van der Waals surface area (Å²) in [5.41, 5.74) is 5.55. The van der Waals surface area contributed by atoms with Gasteiger partial charge in [-0.25, -0.2) is 0 Å². The van der Waals surface area contributed by atoms with Gasteiger partial charge in [0.05, 0.1) is 14.2 Å².